The van der Waals surface area contributed by atoms with Crippen molar-refractivity contribution in [2.45, 2.75) is 25.9 Å². The molecular formula is C15H24ClN3O3. The summed E-state index contributed by atoms with van der Waals surface area (Å²) < 4.78 is 5.01. The first-order chi connectivity index (χ1) is 10.1. The maximum atomic E-state index is 11.8. The van der Waals surface area contributed by atoms with Crippen LogP contribution in [0.2, 0.25) is 0 Å². The molecule has 7 heteroatoms. The number of hydrogen-bond donors (Lipinski definition) is 3. The van der Waals surface area contributed by atoms with Crippen molar-refractivity contribution in [3.05, 3.63) is 29.8 Å². The highest BCUT2D eigenvalue weighted by Crippen LogP contribution is 2.10. The topological polar surface area (TPSA) is 93.5 Å². The molecule has 22 heavy (non-hydrogen) atoms. The molecule has 6 nitrogen and oxygen atoms in total. The molecule has 1 aromatic rings. The summed E-state index contributed by atoms with van der Waals surface area (Å²) in [5.74, 6) is -0.525. The molecule has 0 fully saturated rings. The summed E-state index contributed by atoms with van der Waals surface area (Å²) in [5, 5.41) is 5.29. The highest BCUT2D eigenvalue weighted by atomic mass is 35.5. The number of carbonyl (C=O) groups is 2. The monoisotopic (exact) mass is 329 g/mol. The maximum Gasteiger partial charge on any atom is 0.243 e. The summed E-state index contributed by atoms with van der Waals surface area (Å²) in [6.45, 7) is 2.24. The van der Waals surface area contributed by atoms with E-state index in [1.54, 1.807) is 0 Å². The molecule has 0 aliphatic heterocycles. The Morgan fingerprint density at radius 2 is 2.05 bits per heavy atom. The number of halogens is 1. The Bertz CT molecular complexity index is 479. The molecule has 0 saturated carbocycles. The second kappa shape index (κ2) is 11.0. The van der Waals surface area contributed by atoms with Gasteiger partial charge in [0, 0.05) is 19.3 Å². The summed E-state index contributed by atoms with van der Waals surface area (Å²) in [7, 11) is 1.50. The van der Waals surface area contributed by atoms with Gasteiger partial charge in [-0.05, 0) is 24.1 Å². The smallest absolute Gasteiger partial charge is 0.243 e. The van der Waals surface area contributed by atoms with Crippen molar-refractivity contribution >= 4 is 29.9 Å². The molecule has 2 amide bonds. The number of benzene rings is 1. The van der Waals surface area contributed by atoms with E-state index in [0.29, 0.717) is 0 Å². The maximum absolute atomic E-state index is 11.8. The Labute approximate surface area is 137 Å². The summed E-state index contributed by atoms with van der Waals surface area (Å²) in [5.41, 5.74) is 7.30. The van der Waals surface area contributed by atoms with Gasteiger partial charge in [0.1, 0.15) is 0 Å². The third kappa shape index (κ3) is 7.40. The Morgan fingerprint density at radius 3 is 2.64 bits per heavy atom. The quantitative estimate of drug-likeness (QED) is 0.665. The van der Waals surface area contributed by atoms with Crippen molar-refractivity contribution in [1.29, 1.82) is 0 Å². The van der Waals surface area contributed by atoms with Crippen molar-refractivity contribution in [2.24, 2.45) is 5.73 Å². The molecule has 0 spiro atoms. The molecule has 1 aromatic carbocycles. The van der Waals surface area contributed by atoms with E-state index in [1.165, 1.54) is 7.11 Å². The summed E-state index contributed by atoms with van der Waals surface area (Å²) >= 11 is 0. The van der Waals surface area contributed by atoms with E-state index in [2.05, 4.69) is 10.6 Å². The molecule has 4 N–H and O–H groups in total. The van der Waals surface area contributed by atoms with Gasteiger partial charge in [0.2, 0.25) is 11.8 Å². The van der Waals surface area contributed by atoms with Gasteiger partial charge in [0.15, 0.2) is 0 Å². The molecular weight excluding hydrogens is 306 g/mol. The molecule has 1 unspecified atom stereocenters. The summed E-state index contributed by atoms with van der Waals surface area (Å²) in [6, 6.07) is 7.61. The second-order valence-electron chi connectivity index (χ2n) is 4.68. The fraction of sp³-hybridized carbons (Fsp3) is 0.467. The van der Waals surface area contributed by atoms with Crippen molar-refractivity contribution in [2.75, 3.05) is 25.5 Å². The lowest BCUT2D eigenvalue weighted by atomic mass is 10.1. The van der Waals surface area contributed by atoms with Gasteiger partial charge in [0.25, 0.3) is 0 Å². The molecule has 124 valence electrons. The highest BCUT2D eigenvalue weighted by Gasteiger charge is 2.12. The molecule has 1 atom stereocenters. The minimum absolute atomic E-state index is 0. The molecule has 1 rings (SSSR count). The predicted molar refractivity (Wildman–Crippen MR) is 89.2 cm³/mol. The number of anilines is 1. The van der Waals surface area contributed by atoms with E-state index in [4.69, 9.17) is 10.5 Å². The van der Waals surface area contributed by atoms with Gasteiger partial charge in [-0.1, -0.05) is 19.1 Å². The van der Waals surface area contributed by atoms with Crippen molar-refractivity contribution in [3.63, 3.8) is 0 Å². The van der Waals surface area contributed by atoms with Crippen molar-refractivity contribution < 1.29 is 14.3 Å². The fourth-order valence-corrected chi connectivity index (χ4v) is 1.79. The highest BCUT2D eigenvalue weighted by molar-refractivity contribution is 5.94. The molecule has 0 aliphatic carbocycles. The van der Waals surface area contributed by atoms with Gasteiger partial charge in [-0.15, -0.1) is 12.4 Å². The lowest BCUT2D eigenvalue weighted by Crippen LogP contribution is -2.36. The number of ether oxygens (including phenoxy) is 1. The van der Waals surface area contributed by atoms with Crippen LogP contribution in [0.4, 0.5) is 5.69 Å². The fourth-order valence-electron chi connectivity index (χ4n) is 1.79. The standard InChI is InChI=1S/C15H23N3O3.ClH/c1-3-11-5-4-6-12(7-11)18-15(20)10-17-14(19)8-13(9-16)21-2;/h4-7,13H,3,8-10,16H2,1-2H3,(H,17,19)(H,18,20);1H. The number of hydrogen-bond acceptors (Lipinski definition) is 4. The first-order valence-corrected chi connectivity index (χ1v) is 6.97. The minimum Gasteiger partial charge on any atom is -0.380 e. The van der Waals surface area contributed by atoms with Gasteiger partial charge in [0.05, 0.1) is 19.1 Å². The predicted octanol–water partition coefficient (Wildman–Crippen LogP) is 1.09. The average molecular weight is 330 g/mol. The zero-order valence-electron chi connectivity index (χ0n) is 12.9. The number of nitrogens with two attached hydrogens (primary N) is 1. The van der Waals surface area contributed by atoms with Gasteiger partial charge in [-0.2, -0.15) is 0 Å². The molecule has 0 saturated heterocycles. The number of amides is 2. The normalized spacial score (nSPS) is 11.2. The molecule has 0 bridgehead atoms. The molecule has 0 aromatic heterocycles. The Balaban J connectivity index is 0.00000441. The van der Waals surface area contributed by atoms with Gasteiger partial charge >= 0.3 is 0 Å². The third-order valence-corrected chi connectivity index (χ3v) is 3.07. The molecule has 0 radical (unpaired) electrons. The van der Waals surface area contributed by atoms with E-state index in [0.717, 1.165) is 17.7 Å². The van der Waals surface area contributed by atoms with Gasteiger partial charge in [-0.25, -0.2) is 0 Å². The van der Waals surface area contributed by atoms with Crippen LogP contribution in [0, 0.1) is 0 Å². The largest absolute Gasteiger partial charge is 0.380 e. The SMILES string of the molecule is CCc1cccc(NC(=O)CNC(=O)CC(CN)OC)c1.Cl. The lowest BCUT2D eigenvalue weighted by Gasteiger charge is -2.12. The molecule has 0 heterocycles. The number of rotatable bonds is 8. The van der Waals surface area contributed by atoms with Crippen LogP contribution in [-0.4, -0.2) is 38.1 Å². The zero-order chi connectivity index (χ0) is 15.7. The number of methoxy groups -OCH3 is 1. The molecule has 0 aliphatic rings. The van der Waals surface area contributed by atoms with E-state index >= 15 is 0 Å². The van der Waals surface area contributed by atoms with Crippen LogP contribution in [0.5, 0.6) is 0 Å². The minimum atomic E-state index is -0.325. The van der Waals surface area contributed by atoms with Crippen LogP contribution >= 0.6 is 12.4 Å². The van der Waals surface area contributed by atoms with Crippen LogP contribution in [0.15, 0.2) is 24.3 Å². The Kier molecular flexibility index (Phi) is 10.2. The van der Waals surface area contributed by atoms with E-state index in [9.17, 15) is 9.59 Å². The number of nitrogens with one attached hydrogen (secondary N) is 2. The van der Waals surface area contributed by atoms with E-state index in [1.807, 2.05) is 31.2 Å². The summed E-state index contributed by atoms with van der Waals surface area (Å²) in [4.78, 5) is 23.4. The van der Waals surface area contributed by atoms with Crippen LogP contribution in [-0.2, 0) is 20.7 Å². The number of carbonyl (C=O) groups excluding carboxylic acids is 2. The van der Waals surface area contributed by atoms with E-state index < -0.39 is 0 Å². The Morgan fingerprint density at radius 1 is 1.32 bits per heavy atom. The van der Waals surface area contributed by atoms with Crippen molar-refractivity contribution in [1.82, 2.24) is 5.32 Å². The van der Waals surface area contributed by atoms with E-state index in [-0.39, 0.29) is 49.8 Å². The second-order valence-corrected chi connectivity index (χ2v) is 4.68. The first kappa shape index (κ1) is 20.4. The third-order valence-electron chi connectivity index (χ3n) is 3.07. The van der Waals surface area contributed by atoms with Crippen LogP contribution in [0.25, 0.3) is 0 Å². The first-order valence-electron chi connectivity index (χ1n) is 6.97. The van der Waals surface area contributed by atoms with Crippen LogP contribution < -0.4 is 16.4 Å². The van der Waals surface area contributed by atoms with Crippen LogP contribution in [0.3, 0.4) is 0 Å². The summed E-state index contributed by atoms with van der Waals surface area (Å²) in [6.07, 6.45) is 0.720. The number of aryl methyl sites for hydroxylation is 1. The lowest BCUT2D eigenvalue weighted by molar-refractivity contribution is -0.125. The van der Waals surface area contributed by atoms with Gasteiger partial charge < -0.3 is 21.1 Å². The van der Waals surface area contributed by atoms with Gasteiger partial charge in [-0.3, -0.25) is 9.59 Å². The van der Waals surface area contributed by atoms with Crippen LogP contribution in [0.1, 0.15) is 18.9 Å². The average Bonchev–Trinajstić information content (AvgIpc) is 2.50. The van der Waals surface area contributed by atoms with Crippen molar-refractivity contribution in [3.8, 4) is 0 Å². The zero-order valence-corrected chi connectivity index (χ0v) is 13.7. The Hall–Kier alpha value is -1.63.